The van der Waals surface area contributed by atoms with Crippen LogP contribution in [0.2, 0.25) is 10.3 Å². The molecule has 1 saturated carbocycles. The van der Waals surface area contributed by atoms with Gasteiger partial charge in [0, 0.05) is 11.4 Å². The minimum atomic E-state index is 0.0771. The SMILES string of the molecule is Clc1ccc(C(c2ccc(C3CC3)cc2)c2ccc(Cl)[nH]2)[nH]1. The molecule has 112 valence electrons. The molecule has 2 heterocycles. The van der Waals surface area contributed by atoms with E-state index in [1.807, 2.05) is 24.3 Å². The van der Waals surface area contributed by atoms with E-state index in [0.717, 1.165) is 17.3 Å². The van der Waals surface area contributed by atoms with Crippen molar-refractivity contribution in [2.24, 2.45) is 0 Å². The zero-order chi connectivity index (χ0) is 15.1. The van der Waals surface area contributed by atoms with Gasteiger partial charge in [0.2, 0.25) is 0 Å². The number of aromatic amines is 2. The Morgan fingerprint density at radius 1 is 0.773 bits per heavy atom. The zero-order valence-corrected chi connectivity index (χ0v) is 13.5. The van der Waals surface area contributed by atoms with E-state index in [9.17, 15) is 0 Å². The van der Waals surface area contributed by atoms with E-state index in [1.165, 1.54) is 24.0 Å². The molecular formula is C18H16Cl2N2. The molecule has 0 radical (unpaired) electrons. The van der Waals surface area contributed by atoms with Gasteiger partial charge in [0.15, 0.2) is 0 Å². The second kappa shape index (κ2) is 5.53. The highest BCUT2D eigenvalue weighted by Crippen LogP contribution is 2.41. The average Bonchev–Trinajstić information content (AvgIpc) is 3.16. The molecule has 0 bridgehead atoms. The van der Waals surface area contributed by atoms with Crippen LogP contribution in [0.25, 0.3) is 0 Å². The Morgan fingerprint density at radius 3 is 1.73 bits per heavy atom. The predicted molar refractivity (Wildman–Crippen MR) is 91.0 cm³/mol. The van der Waals surface area contributed by atoms with Crippen LogP contribution in [0.3, 0.4) is 0 Å². The third kappa shape index (κ3) is 2.69. The van der Waals surface area contributed by atoms with Crippen LogP contribution in [0.15, 0.2) is 48.5 Å². The van der Waals surface area contributed by atoms with Crippen LogP contribution in [0.4, 0.5) is 0 Å². The van der Waals surface area contributed by atoms with Crippen molar-refractivity contribution >= 4 is 23.2 Å². The Morgan fingerprint density at radius 2 is 1.32 bits per heavy atom. The third-order valence-electron chi connectivity index (χ3n) is 4.29. The van der Waals surface area contributed by atoms with E-state index in [1.54, 1.807) is 0 Å². The maximum absolute atomic E-state index is 6.07. The number of aromatic nitrogens is 2. The summed E-state index contributed by atoms with van der Waals surface area (Å²) in [7, 11) is 0. The summed E-state index contributed by atoms with van der Waals surface area (Å²) in [5, 5.41) is 1.29. The van der Waals surface area contributed by atoms with Gasteiger partial charge in [-0.3, -0.25) is 0 Å². The van der Waals surface area contributed by atoms with Crippen molar-refractivity contribution in [3.05, 3.63) is 81.4 Å². The summed E-state index contributed by atoms with van der Waals surface area (Å²) in [6.07, 6.45) is 2.64. The second-order valence-corrected chi connectivity index (χ2v) is 6.71. The van der Waals surface area contributed by atoms with Crippen LogP contribution in [-0.2, 0) is 0 Å². The van der Waals surface area contributed by atoms with Crippen molar-refractivity contribution in [2.75, 3.05) is 0 Å². The number of hydrogen-bond donors (Lipinski definition) is 2. The molecule has 1 aromatic carbocycles. The molecule has 1 aliphatic rings. The number of H-pyrrole nitrogens is 2. The van der Waals surface area contributed by atoms with E-state index in [4.69, 9.17) is 23.2 Å². The molecular weight excluding hydrogens is 315 g/mol. The fourth-order valence-corrected chi connectivity index (χ4v) is 3.35. The lowest BCUT2D eigenvalue weighted by molar-refractivity contribution is 0.896. The van der Waals surface area contributed by atoms with Crippen LogP contribution in [-0.4, -0.2) is 9.97 Å². The zero-order valence-electron chi connectivity index (χ0n) is 11.9. The molecule has 0 amide bonds. The lowest BCUT2D eigenvalue weighted by Crippen LogP contribution is -2.04. The first-order valence-corrected chi connectivity index (χ1v) is 8.25. The molecule has 1 fully saturated rings. The largest absolute Gasteiger partial charge is 0.349 e. The molecule has 4 heteroatoms. The molecule has 0 saturated heterocycles. The van der Waals surface area contributed by atoms with Crippen molar-refractivity contribution in [3.63, 3.8) is 0 Å². The minimum absolute atomic E-state index is 0.0771. The van der Waals surface area contributed by atoms with Gasteiger partial charge in [-0.15, -0.1) is 0 Å². The highest BCUT2D eigenvalue weighted by Gasteiger charge is 2.24. The Hall–Kier alpha value is -1.64. The van der Waals surface area contributed by atoms with Gasteiger partial charge in [-0.2, -0.15) is 0 Å². The summed E-state index contributed by atoms with van der Waals surface area (Å²) in [6, 6.07) is 16.7. The molecule has 22 heavy (non-hydrogen) atoms. The Balaban J connectivity index is 1.75. The maximum Gasteiger partial charge on any atom is 0.106 e. The monoisotopic (exact) mass is 330 g/mol. The highest BCUT2D eigenvalue weighted by atomic mass is 35.5. The summed E-state index contributed by atoms with van der Waals surface area (Å²) in [4.78, 5) is 6.47. The van der Waals surface area contributed by atoms with Gasteiger partial charge >= 0.3 is 0 Å². The van der Waals surface area contributed by atoms with Gasteiger partial charge < -0.3 is 9.97 Å². The topological polar surface area (TPSA) is 31.6 Å². The second-order valence-electron chi connectivity index (χ2n) is 5.90. The standard InChI is InChI=1S/C18H16Cl2N2/c19-16-9-7-14(21-16)18(15-8-10-17(20)22-15)13-5-3-12(4-6-13)11-1-2-11/h3-11,18,21-22H,1-2H2. The highest BCUT2D eigenvalue weighted by molar-refractivity contribution is 6.29. The summed E-state index contributed by atoms with van der Waals surface area (Å²) in [5.41, 5.74) is 4.78. The van der Waals surface area contributed by atoms with Crippen LogP contribution in [0, 0.1) is 0 Å². The molecule has 2 aromatic heterocycles. The van der Waals surface area contributed by atoms with Crippen molar-refractivity contribution in [1.29, 1.82) is 0 Å². The van der Waals surface area contributed by atoms with Gasteiger partial charge in [0.05, 0.1) is 5.92 Å². The van der Waals surface area contributed by atoms with E-state index in [-0.39, 0.29) is 5.92 Å². The van der Waals surface area contributed by atoms with Crippen molar-refractivity contribution < 1.29 is 0 Å². The first-order chi connectivity index (χ1) is 10.7. The first-order valence-electron chi connectivity index (χ1n) is 7.49. The Labute approximate surface area is 139 Å². The van der Waals surface area contributed by atoms with Crippen LogP contribution >= 0.6 is 23.2 Å². The number of nitrogens with one attached hydrogen (secondary N) is 2. The van der Waals surface area contributed by atoms with E-state index >= 15 is 0 Å². The van der Waals surface area contributed by atoms with Crippen LogP contribution in [0.5, 0.6) is 0 Å². The van der Waals surface area contributed by atoms with E-state index in [0.29, 0.717) is 10.3 Å². The van der Waals surface area contributed by atoms with Gasteiger partial charge in [0.25, 0.3) is 0 Å². The van der Waals surface area contributed by atoms with Gasteiger partial charge in [-0.1, -0.05) is 47.5 Å². The summed E-state index contributed by atoms with van der Waals surface area (Å²) < 4.78 is 0. The number of hydrogen-bond acceptors (Lipinski definition) is 0. The molecule has 0 atom stereocenters. The molecule has 2 N–H and O–H groups in total. The number of halogens is 2. The molecule has 1 aliphatic carbocycles. The van der Waals surface area contributed by atoms with Crippen molar-refractivity contribution in [1.82, 2.24) is 9.97 Å². The number of rotatable bonds is 4. The summed E-state index contributed by atoms with van der Waals surface area (Å²) in [6.45, 7) is 0. The molecule has 2 nitrogen and oxygen atoms in total. The summed E-state index contributed by atoms with van der Waals surface area (Å²) >= 11 is 12.1. The quantitative estimate of drug-likeness (QED) is 0.614. The van der Waals surface area contributed by atoms with E-state index in [2.05, 4.69) is 34.2 Å². The molecule has 4 rings (SSSR count). The Bertz CT molecular complexity index is 741. The lowest BCUT2D eigenvalue weighted by atomic mass is 9.91. The van der Waals surface area contributed by atoms with E-state index < -0.39 is 0 Å². The molecule has 0 unspecified atom stereocenters. The predicted octanol–water partition coefficient (Wildman–Crippen LogP) is 5.71. The maximum atomic E-state index is 6.07. The average molecular weight is 331 g/mol. The van der Waals surface area contributed by atoms with Crippen molar-refractivity contribution in [3.8, 4) is 0 Å². The first kappa shape index (κ1) is 14.0. The van der Waals surface area contributed by atoms with Gasteiger partial charge in [-0.25, -0.2) is 0 Å². The Kier molecular flexibility index (Phi) is 3.51. The number of benzene rings is 1. The van der Waals surface area contributed by atoms with Crippen LogP contribution < -0.4 is 0 Å². The smallest absolute Gasteiger partial charge is 0.106 e. The van der Waals surface area contributed by atoms with Gasteiger partial charge in [0.1, 0.15) is 10.3 Å². The fraction of sp³-hybridized carbons (Fsp3) is 0.222. The minimum Gasteiger partial charge on any atom is -0.349 e. The normalized spacial score (nSPS) is 14.7. The lowest BCUT2D eigenvalue weighted by Gasteiger charge is -2.16. The van der Waals surface area contributed by atoms with Crippen LogP contribution in [0.1, 0.15) is 47.2 Å². The van der Waals surface area contributed by atoms with Gasteiger partial charge in [-0.05, 0) is 54.2 Å². The fourth-order valence-electron chi connectivity index (χ4n) is 3.01. The third-order valence-corrected chi connectivity index (χ3v) is 4.73. The molecule has 3 aromatic rings. The molecule has 0 aliphatic heterocycles. The molecule has 0 spiro atoms. The summed E-state index contributed by atoms with van der Waals surface area (Å²) in [5.74, 6) is 0.848. The van der Waals surface area contributed by atoms with Crippen molar-refractivity contribution in [2.45, 2.75) is 24.7 Å².